The molecular weight excluding hydrogens is 344 g/mol. The maximum Gasteiger partial charge on any atom is 0.254 e. The lowest BCUT2D eigenvalue weighted by Crippen LogP contribution is -2.49. The van der Waals surface area contributed by atoms with Crippen LogP contribution in [0.1, 0.15) is 36.0 Å². The first-order valence-electron chi connectivity index (χ1n) is 9.30. The van der Waals surface area contributed by atoms with Crippen LogP contribution in [0.15, 0.2) is 42.7 Å². The van der Waals surface area contributed by atoms with E-state index >= 15 is 0 Å². The van der Waals surface area contributed by atoms with Crippen molar-refractivity contribution in [3.05, 3.63) is 48.3 Å². The maximum absolute atomic E-state index is 13.2. The van der Waals surface area contributed by atoms with E-state index in [4.69, 9.17) is 14.2 Å². The molecule has 3 heterocycles. The van der Waals surface area contributed by atoms with Crippen LogP contribution in [0.3, 0.4) is 0 Å². The van der Waals surface area contributed by atoms with Crippen molar-refractivity contribution in [2.24, 2.45) is 0 Å². The Morgan fingerprint density at radius 3 is 2.26 bits per heavy atom. The Bertz CT molecular complexity index is 775. The van der Waals surface area contributed by atoms with E-state index in [0.29, 0.717) is 17.1 Å². The van der Waals surface area contributed by atoms with Gasteiger partial charge in [-0.25, -0.2) is 0 Å². The van der Waals surface area contributed by atoms with Crippen molar-refractivity contribution in [3.63, 3.8) is 0 Å². The summed E-state index contributed by atoms with van der Waals surface area (Å²) in [5, 5.41) is 0. The average molecular weight is 368 g/mol. The van der Waals surface area contributed by atoms with E-state index in [0.717, 1.165) is 31.4 Å². The molecule has 4 rings (SSSR count). The SMILES string of the molecule is COc1cc(OC)cc(C(=O)N2C3CCC2CC(Oc2cccnc2)C3)c1. The molecule has 27 heavy (non-hydrogen) atoms. The summed E-state index contributed by atoms with van der Waals surface area (Å²) in [6.45, 7) is 0. The predicted octanol–water partition coefficient (Wildman–Crippen LogP) is 3.31. The predicted molar refractivity (Wildman–Crippen MR) is 100 cm³/mol. The van der Waals surface area contributed by atoms with Gasteiger partial charge in [0.25, 0.3) is 5.91 Å². The minimum absolute atomic E-state index is 0.0412. The first kappa shape index (κ1) is 17.6. The number of benzene rings is 1. The lowest BCUT2D eigenvalue weighted by Gasteiger charge is -2.39. The summed E-state index contributed by atoms with van der Waals surface area (Å²) in [5.74, 6) is 2.08. The lowest BCUT2D eigenvalue weighted by atomic mass is 9.98. The number of nitrogens with zero attached hydrogens (tertiary/aromatic N) is 2. The molecule has 1 aromatic carbocycles. The highest BCUT2D eigenvalue weighted by Crippen LogP contribution is 2.38. The number of amides is 1. The van der Waals surface area contributed by atoms with Gasteiger partial charge in [-0.1, -0.05) is 0 Å². The van der Waals surface area contributed by atoms with E-state index in [-0.39, 0.29) is 24.1 Å². The highest BCUT2D eigenvalue weighted by atomic mass is 16.5. The minimum atomic E-state index is 0.0412. The number of methoxy groups -OCH3 is 2. The number of pyridine rings is 1. The van der Waals surface area contributed by atoms with E-state index < -0.39 is 0 Å². The molecular formula is C21H24N2O4. The third-order valence-electron chi connectivity index (χ3n) is 5.46. The standard InChI is InChI=1S/C21H24N2O4/c1-25-18-8-14(9-19(12-18)26-2)21(24)23-15-5-6-16(23)11-20(10-15)27-17-4-3-7-22-13-17/h3-4,7-9,12-13,15-16,20H,5-6,10-11H2,1-2H3. The summed E-state index contributed by atoms with van der Waals surface area (Å²) in [6, 6.07) is 9.54. The molecule has 2 atom stereocenters. The van der Waals surface area contributed by atoms with Crippen molar-refractivity contribution in [2.45, 2.75) is 43.9 Å². The van der Waals surface area contributed by atoms with E-state index in [2.05, 4.69) is 4.98 Å². The zero-order chi connectivity index (χ0) is 18.8. The van der Waals surface area contributed by atoms with Crippen LogP contribution in [-0.4, -0.2) is 48.2 Å². The molecule has 2 unspecified atom stereocenters. The second-order valence-corrected chi connectivity index (χ2v) is 7.10. The molecule has 2 aromatic rings. The first-order chi connectivity index (χ1) is 13.2. The first-order valence-corrected chi connectivity index (χ1v) is 9.30. The average Bonchev–Trinajstić information content (AvgIpc) is 2.98. The van der Waals surface area contributed by atoms with Crippen LogP contribution in [0.25, 0.3) is 0 Å². The van der Waals surface area contributed by atoms with Crippen molar-refractivity contribution < 1.29 is 19.0 Å². The molecule has 2 saturated heterocycles. The van der Waals surface area contributed by atoms with Gasteiger partial charge in [0.1, 0.15) is 23.4 Å². The third kappa shape index (κ3) is 3.56. The highest BCUT2D eigenvalue weighted by Gasteiger charge is 2.44. The fourth-order valence-corrected chi connectivity index (χ4v) is 4.24. The Morgan fingerprint density at radius 2 is 1.70 bits per heavy atom. The molecule has 1 aromatic heterocycles. The summed E-state index contributed by atoms with van der Waals surface area (Å²) in [4.78, 5) is 19.4. The zero-order valence-corrected chi connectivity index (χ0v) is 15.6. The van der Waals surface area contributed by atoms with Gasteiger partial charge in [-0.2, -0.15) is 0 Å². The number of hydrogen-bond donors (Lipinski definition) is 0. The van der Waals surface area contributed by atoms with Crippen LogP contribution >= 0.6 is 0 Å². The summed E-state index contributed by atoms with van der Waals surface area (Å²) >= 11 is 0. The maximum atomic E-state index is 13.2. The molecule has 6 heteroatoms. The zero-order valence-electron chi connectivity index (χ0n) is 15.6. The normalized spacial score (nSPS) is 23.8. The van der Waals surface area contributed by atoms with E-state index in [1.807, 2.05) is 17.0 Å². The Kier molecular flexibility index (Phi) is 4.88. The van der Waals surface area contributed by atoms with E-state index in [1.54, 1.807) is 44.8 Å². The molecule has 6 nitrogen and oxygen atoms in total. The number of piperidine rings is 1. The molecule has 0 N–H and O–H groups in total. The van der Waals surface area contributed by atoms with Crippen LogP contribution in [0.5, 0.6) is 17.2 Å². The number of carbonyl (C=O) groups is 1. The van der Waals surface area contributed by atoms with Crippen molar-refractivity contribution >= 4 is 5.91 Å². The van der Waals surface area contributed by atoms with Gasteiger partial charge >= 0.3 is 0 Å². The van der Waals surface area contributed by atoms with Crippen LogP contribution in [0, 0.1) is 0 Å². The minimum Gasteiger partial charge on any atom is -0.497 e. The number of hydrogen-bond acceptors (Lipinski definition) is 5. The van der Waals surface area contributed by atoms with Crippen LogP contribution in [-0.2, 0) is 0 Å². The van der Waals surface area contributed by atoms with Gasteiger partial charge in [-0.3, -0.25) is 9.78 Å². The summed E-state index contributed by atoms with van der Waals surface area (Å²) < 4.78 is 16.7. The quantitative estimate of drug-likeness (QED) is 0.810. The van der Waals surface area contributed by atoms with Gasteiger partial charge in [-0.05, 0) is 37.1 Å². The topological polar surface area (TPSA) is 60.9 Å². The summed E-state index contributed by atoms with van der Waals surface area (Å²) in [6.07, 6.45) is 7.32. The summed E-state index contributed by atoms with van der Waals surface area (Å²) in [5.41, 5.74) is 0.606. The van der Waals surface area contributed by atoms with Crippen molar-refractivity contribution in [3.8, 4) is 17.2 Å². The Labute approximate surface area is 159 Å². The fraction of sp³-hybridized carbons (Fsp3) is 0.429. The third-order valence-corrected chi connectivity index (χ3v) is 5.46. The van der Waals surface area contributed by atoms with Crippen molar-refractivity contribution in [1.29, 1.82) is 0 Å². The molecule has 2 fully saturated rings. The fourth-order valence-electron chi connectivity index (χ4n) is 4.24. The van der Waals surface area contributed by atoms with Crippen LogP contribution in [0.2, 0.25) is 0 Å². The molecule has 2 aliphatic rings. The van der Waals surface area contributed by atoms with Gasteiger partial charge < -0.3 is 19.1 Å². The molecule has 0 aliphatic carbocycles. The molecule has 2 aliphatic heterocycles. The molecule has 0 spiro atoms. The Balaban J connectivity index is 1.50. The number of ether oxygens (including phenoxy) is 3. The molecule has 1 amide bonds. The highest BCUT2D eigenvalue weighted by molar-refractivity contribution is 5.95. The van der Waals surface area contributed by atoms with Gasteiger partial charge in [0.2, 0.25) is 0 Å². The van der Waals surface area contributed by atoms with Gasteiger partial charge in [0.05, 0.1) is 20.4 Å². The molecule has 2 bridgehead atoms. The van der Waals surface area contributed by atoms with Crippen molar-refractivity contribution in [1.82, 2.24) is 9.88 Å². The smallest absolute Gasteiger partial charge is 0.254 e. The van der Waals surface area contributed by atoms with Crippen molar-refractivity contribution in [2.75, 3.05) is 14.2 Å². The lowest BCUT2D eigenvalue weighted by molar-refractivity contribution is 0.0357. The van der Waals surface area contributed by atoms with Crippen LogP contribution < -0.4 is 14.2 Å². The number of rotatable bonds is 5. The molecule has 0 saturated carbocycles. The van der Waals surface area contributed by atoms with Gasteiger partial charge in [0, 0.05) is 42.8 Å². The summed E-state index contributed by atoms with van der Waals surface area (Å²) in [7, 11) is 3.18. The largest absolute Gasteiger partial charge is 0.497 e. The Hall–Kier alpha value is -2.76. The monoisotopic (exact) mass is 368 g/mol. The number of aromatic nitrogens is 1. The van der Waals surface area contributed by atoms with Gasteiger partial charge in [-0.15, -0.1) is 0 Å². The molecule has 142 valence electrons. The number of fused-ring (bicyclic) bond motifs is 2. The van der Waals surface area contributed by atoms with Gasteiger partial charge in [0.15, 0.2) is 0 Å². The second-order valence-electron chi connectivity index (χ2n) is 7.10. The number of carbonyl (C=O) groups excluding carboxylic acids is 1. The van der Waals surface area contributed by atoms with E-state index in [1.165, 1.54) is 0 Å². The Morgan fingerprint density at radius 1 is 1.04 bits per heavy atom. The molecule has 0 radical (unpaired) electrons. The van der Waals surface area contributed by atoms with Crippen LogP contribution in [0.4, 0.5) is 0 Å². The van der Waals surface area contributed by atoms with E-state index in [9.17, 15) is 4.79 Å². The second kappa shape index (κ2) is 7.47.